The summed E-state index contributed by atoms with van der Waals surface area (Å²) in [7, 11) is -3.65. The maximum atomic E-state index is 11.6. The Morgan fingerprint density at radius 1 is 1.47 bits per heavy atom. The molecule has 0 aliphatic carbocycles. The van der Waals surface area contributed by atoms with Crippen LogP contribution in [0.2, 0.25) is 0 Å². The first kappa shape index (κ1) is 12.3. The summed E-state index contributed by atoms with van der Waals surface area (Å²) in [6, 6.07) is 7.20. The summed E-state index contributed by atoms with van der Waals surface area (Å²) in [6.07, 6.45) is 0. The summed E-state index contributed by atoms with van der Waals surface area (Å²) in [5.41, 5.74) is 1.40. The van der Waals surface area contributed by atoms with Crippen LogP contribution in [0.25, 0.3) is 11.0 Å². The topological polar surface area (TPSA) is 72.1 Å². The van der Waals surface area contributed by atoms with Crippen LogP contribution < -0.4 is 4.18 Å². The molecule has 1 aromatic carbocycles. The zero-order valence-electron chi connectivity index (χ0n) is 9.12. The molecule has 0 fully saturated rings. The second kappa shape index (κ2) is 4.58. The monoisotopic (exact) mass is 272 g/mol. The molecule has 2 rings (SSSR count). The molecular formula is C10H12N2O3S2. The molecule has 0 aliphatic heterocycles. The fourth-order valence-electron chi connectivity index (χ4n) is 1.42. The van der Waals surface area contributed by atoms with E-state index < -0.39 is 10.1 Å². The highest BCUT2D eigenvalue weighted by molar-refractivity contribution is 7.89. The van der Waals surface area contributed by atoms with Crippen LogP contribution in [0.1, 0.15) is 6.92 Å². The highest BCUT2D eigenvalue weighted by Gasteiger charge is 2.17. The summed E-state index contributed by atoms with van der Waals surface area (Å²) in [5.74, 6) is -0.160. The Morgan fingerprint density at radius 2 is 2.18 bits per heavy atom. The maximum absolute atomic E-state index is 11.6. The molecule has 92 valence electrons. The van der Waals surface area contributed by atoms with E-state index in [4.69, 9.17) is 4.18 Å². The molecule has 1 unspecified atom stereocenters. The lowest BCUT2D eigenvalue weighted by atomic mass is 10.3. The van der Waals surface area contributed by atoms with Crippen molar-refractivity contribution in [1.82, 2.24) is 9.97 Å². The molecule has 0 amide bonds. The van der Waals surface area contributed by atoms with Crippen molar-refractivity contribution in [3.63, 3.8) is 0 Å². The standard InChI is InChI=1S/C10H12N2O3S2/c1-7(16)6-17(13,14)15-10-11-8-4-2-3-5-9(8)12-10/h2-5,7,16H,6H2,1H3,(H,11,12). The van der Waals surface area contributed by atoms with Gasteiger partial charge in [-0.1, -0.05) is 19.1 Å². The number of fused-ring (bicyclic) bond motifs is 1. The van der Waals surface area contributed by atoms with E-state index in [-0.39, 0.29) is 17.0 Å². The molecule has 0 bridgehead atoms. The number of benzene rings is 1. The van der Waals surface area contributed by atoms with Gasteiger partial charge in [0.05, 0.1) is 16.8 Å². The third-order valence-corrected chi connectivity index (χ3v) is 3.77. The number of hydrogen-bond donors (Lipinski definition) is 2. The van der Waals surface area contributed by atoms with Crippen LogP contribution >= 0.6 is 12.6 Å². The third-order valence-electron chi connectivity index (χ3n) is 2.02. The summed E-state index contributed by atoms with van der Waals surface area (Å²) < 4.78 is 28.0. The number of aromatic amines is 1. The number of nitrogens with one attached hydrogen (secondary N) is 1. The smallest absolute Gasteiger partial charge is 0.312 e. The first-order valence-corrected chi connectivity index (χ1v) is 7.10. The lowest BCUT2D eigenvalue weighted by molar-refractivity contribution is 0.468. The second-order valence-corrected chi connectivity index (χ2v) is 6.21. The Bertz CT molecular complexity index is 586. The van der Waals surface area contributed by atoms with E-state index in [1.807, 2.05) is 12.1 Å². The predicted molar refractivity (Wildman–Crippen MR) is 69.0 cm³/mol. The number of H-pyrrole nitrogens is 1. The van der Waals surface area contributed by atoms with Crippen LogP contribution in [0.5, 0.6) is 6.01 Å². The van der Waals surface area contributed by atoms with E-state index in [9.17, 15) is 8.42 Å². The molecule has 0 spiro atoms. The van der Waals surface area contributed by atoms with Crippen molar-refractivity contribution in [1.29, 1.82) is 0 Å². The molecule has 1 N–H and O–H groups in total. The van der Waals surface area contributed by atoms with Crippen molar-refractivity contribution < 1.29 is 12.6 Å². The van der Waals surface area contributed by atoms with Crippen molar-refractivity contribution in [2.24, 2.45) is 0 Å². The Labute approximate surface area is 105 Å². The molecule has 1 heterocycles. The zero-order valence-corrected chi connectivity index (χ0v) is 10.8. The number of imidazole rings is 1. The molecule has 2 aromatic rings. The largest absolute Gasteiger partial charge is 0.345 e. The highest BCUT2D eigenvalue weighted by atomic mass is 32.2. The third kappa shape index (κ3) is 3.13. The number of para-hydroxylation sites is 2. The van der Waals surface area contributed by atoms with Crippen molar-refractivity contribution in [2.45, 2.75) is 12.2 Å². The Kier molecular flexibility index (Phi) is 3.30. The molecule has 0 aliphatic rings. The van der Waals surface area contributed by atoms with E-state index in [2.05, 4.69) is 22.6 Å². The first-order valence-electron chi connectivity index (χ1n) is 5.01. The van der Waals surface area contributed by atoms with Gasteiger partial charge in [0.15, 0.2) is 0 Å². The number of nitrogens with zero attached hydrogens (tertiary/aromatic N) is 1. The van der Waals surface area contributed by atoms with E-state index in [0.29, 0.717) is 5.52 Å². The van der Waals surface area contributed by atoms with Crippen molar-refractivity contribution in [2.75, 3.05) is 5.75 Å². The molecule has 17 heavy (non-hydrogen) atoms. The van der Waals surface area contributed by atoms with Gasteiger partial charge in [-0.2, -0.15) is 26.0 Å². The van der Waals surface area contributed by atoms with Gasteiger partial charge >= 0.3 is 16.1 Å². The molecule has 7 heteroatoms. The number of aromatic nitrogens is 2. The number of rotatable bonds is 4. The number of thiol groups is 1. The fraction of sp³-hybridized carbons (Fsp3) is 0.300. The van der Waals surface area contributed by atoms with Crippen LogP contribution in [0, 0.1) is 0 Å². The predicted octanol–water partition coefficient (Wildman–Crippen LogP) is 1.59. The minimum absolute atomic E-state index is 0.0137. The molecular weight excluding hydrogens is 260 g/mol. The van der Waals surface area contributed by atoms with Crippen LogP contribution in [0.4, 0.5) is 0 Å². The Morgan fingerprint density at radius 3 is 2.82 bits per heavy atom. The van der Waals surface area contributed by atoms with Gasteiger partial charge in [-0.3, -0.25) is 0 Å². The average Bonchev–Trinajstić information content (AvgIpc) is 2.55. The molecule has 0 saturated carbocycles. The summed E-state index contributed by atoms with van der Waals surface area (Å²) in [6.45, 7) is 1.68. The summed E-state index contributed by atoms with van der Waals surface area (Å²) in [4.78, 5) is 6.81. The second-order valence-electron chi connectivity index (χ2n) is 3.72. The van der Waals surface area contributed by atoms with Gasteiger partial charge in [-0.05, 0) is 12.1 Å². The molecule has 1 aromatic heterocycles. The van der Waals surface area contributed by atoms with Crippen molar-refractivity contribution >= 4 is 33.8 Å². The fourth-order valence-corrected chi connectivity index (χ4v) is 2.94. The van der Waals surface area contributed by atoms with Gasteiger partial charge in [0.1, 0.15) is 0 Å². The molecule has 0 radical (unpaired) electrons. The first-order chi connectivity index (χ1) is 7.96. The Hall–Kier alpha value is -1.21. The quantitative estimate of drug-likeness (QED) is 0.655. The van der Waals surface area contributed by atoms with Gasteiger partial charge in [0.2, 0.25) is 0 Å². The SMILES string of the molecule is CC(S)CS(=O)(=O)Oc1nc2ccccc2[nH]1. The molecule has 0 saturated heterocycles. The van der Waals surface area contributed by atoms with Crippen molar-refractivity contribution in [3.05, 3.63) is 24.3 Å². The number of hydrogen-bond acceptors (Lipinski definition) is 5. The van der Waals surface area contributed by atoms with Gasteiger partial charge in [-0.15, -0.1) is 0 Å². The van der Waals surface area contributed by atoms with Gasteiger partial charge in [-0.25, -0.2) is 0 Å². The average molecular weight is 272 g/mol. The van der Waals surface area contributed by atoms with Gasteiger partial charge in [0.25, 0.3) is 0 Å². The lowest BCUT2D eigenvalue weighted by Gasteiger charge is -2.05. The normalized spacial score (nSPS) is 13.8. The van der Waals surface area contributed by atoms with Gasteiger partial charge in [0, 0.05) is 5.25 Å². The summed E-state index contributed by atoms with van der Waals surface area (Å²) in [5, 5.41) is -0.288. The zero-order chi connectivity index (χ0) is 12.5. The van der Waals surface area contributed by atoms with Crippen molar-refractivity contribution in [3.8, 4) is 6.01 Å². The van der Waals surface area contributed by atoms with Crippen LogP contribution in [-0.2, 0) is 10.1 Å². The summed E-state index contributed by atoms with van der Waals surface area (Å²) >= 11 is 4.02. The Balaban J connectivity index is 2.24. The van der Waals surface area contributed by atoms with Crippen LogP contribution in [-0.4, -0.2) is 29.4 Å². The highest BCUT2D eigenvalue weighted by Crippen LogP contribution is 2.16. The minimum atomic E-state index is -3.65. The van der Waals surface area contributed by atoms with E-state index in [1.54, 1.807) is 19.1 Å². The van der Waals surface area contributed by atoms with E-state index in [1.165, 1.54) is 0 Å². The maximum Gasteiger partial charge on any atom is 0.312 e. The van der Waals surface area contributed by atoms with Crippen LogP contribution in [0.15, 0.2) is 24.3 Å². The molecule has 5 nitrogen and oxygen atoms in total. The van der Waals surface area contributed by atoms with E-state index in [0.717, 1.165) is 5.52 Å². The minimum Gasteiger partial charge on any atom is -0.345 e. The molecule has 1 atom stereocenters. The van der Waals surface area contributed by atoms with E-state index >= 15 is 0 Å². The lowest BCUT2D eigenvalue weighted by Crippen LogP contribution is -2.19. The van der Waals surface area contributed by atoms with Gasteiger partial charge < -0.3 is 9.17 Å². The van der Waals surface area contributed by atoms with Crippen LogP contribution in [0.3, 0.4) is 0 Å².